The molecule has 18 heteroatoms. The highest BCUT2D eigenvalue weighted by Crippen LogP contribution is 2.20. The van der Waals surface area contributed by atoms with Gasteiger partial charge in [-0.25, -0.2) is 0 Å². The zero-order chi connectivity index (χ0) is 42.3. The van der Waals surface area contributed by atoms with Crippen molar-refractivity contribution in [2.75, 3.05) is 6.54 Å². The van der Waals surface area contributed by atoms with E-state index in [9.17, 15) is 48.6 Å². The topological polar surface area (TPSA) is 301 Å². The van der Waals surface area contributed by atoms with Crippen LogP contribution in [0.25, 0.3) is 0 Å². The molecule has 0 bridgehead atoms. The van der Waals surface area contributed by atoms with E-state index in [0.29, 0.717) is 11.1 Å². The summed E-state index contributed by atoms with van der Waals surface area (Å²) in [5, 5.41) is 34.1. The third-order valence-electron chi connectivity index (χ3n) is 8.83. The number of phenols is 1. The van der Waals surface area contributed by atoms with Gasteiger partial charge in [0.05, 0.1) is 19.0 Å². The number of aliphatic carboxylic acids is 1. The Morgan fingerprint density at radius 3 is 1.68 bits per heavy atom. The van der Waals surface area contributed by atoms with Crippen molar-refractivity contribution in [1.82, 2.24) is 31.9 Å². The molecule has 0 aromatic heterocycles. The fraction of sp³-hybridized carbons (Fsp3) is 0.474. The van der Waals surface area contributed by atoms with Crippen molar-refractivity contribution in [1.29, 1.82) is 0 Å². The molecule has 56 heavy (non-hydrogen) atoms. The van der Waals surface area contributed by atoms with Crippen LogP contribution in [0, 0.1) is 11.8 Å². The first-order chi connectivity index (χ1) is 26.2. The van der Waals surface area contributed by atoms with Gasteiger partial charge in [-0.05, 0) is 48.4 Å². The Kier molecular flexibility index (Phi) is 17.9. The minimum atomic E-state index is -1.73. The number of hydrogen-bond donors (Lipinski definition) is 10. The molecule has 306 valence electrons. The summed E-state index contributed by atoms with van der Waals surface area (Å²) < 4.78 is 0. The van der Waals surface area contributed by atoms with Gasteiger partial charge in [0.1, 0.15) is 36.0 Å². The van der Waals surface area contributed by atoms with Crippen LogP contribution in [0.2, 0.25) is 0 Å². The van der Waals surface area contributed by atoms with Crippen LogP contribution < -0.4 is 43.4 Å². The van der Waals surface area contributed by atoms with Crippen molar-refractivity contribution in [3.63, 3.8) is 0 Å². The molecule has 7 atom stereocenters. The Bertz CT molecular complexity index is 1700. The van der Waals surface area contributed by atoms with E-state index >= 15 is 0 Å². The van der Waals surface area contributed by atoms with E-state index in [0.717, 1.165) is 0 Å². The standard InChI is InChI=1S/C38H54N8O10/c1-19(2)30(36(54)41-18-28(40)48)45-37(55)31(20(3)4)44-35(53)27(17-29(49)50)43-38(56)32(21(5)24-10-8-7-9-11-24)46-33(51)22(6)42-34(52)26(39)16-23-12-14-25(47)15-13-23/h7-15,19-22,26-27,30-32,47H,16-18,39H2,1-6H3,(H2,40,48)(H,41,54)(H,42,52)(H,43,56)(H,44,53)(H,45,55)(H,46,51)(H,49,50)/t21?,22-,26+,27+,30+,31+,32+/m1/s1. The van der Waals surface area contributed by atoms with E-state index in [1.54, 1.807) is 77.1 Å². The van der Waals surface area contributed by atoms with Crippen molar-refractivity contribution >= 4 is 47.3 Å². The van der Waals surface area contributed by atoms with Gasteiger partial charge in [-0.15, -0.1) is 0 Å². The molecule has 0 aliphatic heterocycles. The number of aromatic hydroxyl groups is 1. The third-order valence-corrected chi connectivity index (χ3v) is 8.83. The summed E-state index contributed by atoms with van der Waals surface area (Å²) in [6, 6.07) is 6.87. The monoisotopic (exact) mass is 782 g/mol. The number of nitrogens with two attached hydrogens (primary N) is 2. The van der Waals surface area contributed by atoms with E-state index in [-0.39, 0.29) is 12.2 Å². The molecule has 0 saturated heterocycles. The maximum atomic E-state index is 13.9. The number of carbonyl (C=O) groups excluding carboxylic acids is 7. The Morgan fingerprint density at radius 2 is 1.14 bits per heavy atom. The second-order valence-corrected chi connectivity index (χ2v) is 14.2. The van der Waals surface area contributed by atoms with Crippen LogP contribution in [-0.2, 0) is 44.8 Å². The third kappa shape index (κ3) is 14.7. The molecular formula is C38H54N8O10. The predicted octanol–water partition coefficient (Wildman–Crippen LogP) is -1.10. The summed E-state index contributed by atoms with van der Waals surface area (Å²) in [4.78, 5) is 103. The minimum absolute atomic E-state index is 0.0421. The maximum Gasteiger partial charge on any atom is 0.305 e. The van der Waals surface area contributed by atoms with E-state index < -0.39 is 114 Å². The van der Waals surface area contributed by atoms with Gasteiger partial charge in [0, 0.05) is 5.92 Å². The van der Waals surface area contributed by atoms with Gasteiger partial charge in [-0.3, -0.25) is 38.4 Å². The lowest BCUT2D eigenvalue weighted by Crippen LogP contribution is -2.61. The molecule has 0 aliphatic rings. The lowest BCUT2D eigenvalue weighted by molar-refractivity contribution is -0.142. The van der Waals surface area contributed by atoms with Crippen LogP contribution in [0.3, 0.4) is 0 Å². The SMILES string of the molecule is CC(C)[C@H](NC(=O)[C@H](CC(=O)O)NC(=O)[C@@H](NC(=O)[C@@H](C)NC(=O)[C@@H](N)Cc1ccc(O)cc1)C(C)c1ccccc1)C(=O)N[C@H](C(=O)NCC(N)=O)C(C)C. The predicted molar refractivity (Wildman–Crippen MR) is 204 cm³/mol. The van der Waals surface area contributed by atoms with Crippen LogP contribution in [0.5, 0.6) is 5.75 Å². The number of benzene rings is 2. The molecule has 7 amide bonds. The van der Waals surface area contributed by atoms with E-state index in [1.807, 2.05) is 0 Å². The molecule has 0 radical (unpaired) electrons. The van der Waals surface area contributed by atoms with Crippen LogP contribution in [0.15, 0.2) is 54.6 Å². The molecule has 2 rings (SSSR count). The maximum absolute atomic E-state index is 13.9. The highest BCUT2D eigenvalue weighted by Gasteiger charge is 2.36. The zero-order valence-corrected chi connectivity index (χ0v) is 32.3. The second-order valence-electron chi connectivity index (χ2n) is 14.2. The molecule has 0 aliphatic carbocycles. The molecule has 2 aromatic rings. The van der Waals surface area contributed by atoms with Crippen LogP contribution in [-0.4, -0.2) is 100 Å². The number of carbonyl (C=O) groups is 8. The normalized spacial score (nSPS) is 14.8. The Morgan fingerprint density at radius 1 is 0.625 bits per heavy atom. The molecule has 12 N–H and O–H groups in total. The Balaban J connectivity index is 2.29. The first-order valence-electron chi connectivity index (χ1n) is 18.1. The van der Waals surface area contributed by atoms with Gasteiger partial charge in [0.15, 0.2) is 0 Å². The van der Waals surface area contributed by atoms with E-state index in [2.05, 4.69) is 31.9 Å². The summed E-state index contributed by atoms with van der Waals surface area (Å²) in [7, 11) is 0. The molecule has 18 nitrogen and oxygen atoms in total. The summed E-state index contributed by atoms with van der Waals surface area (Å²) in [5.41, 5.74) is 12.4. The first kappa shape index (κ1) is 46.1. The van der Waals surface area contributed by atoms with Crippen molar-refractivity contribution in [3.05, 3.63) is 65.7 Å². The highest BCUT2D eigenvalue weighted by molar-refractivity contribution is 5.98. The molecule has 1 unspecified atom stereocenters. The minimum Gasteiger partial charge on any atom is -0.508 e. The lowest BCUT2D eigenvalue weighted by atomic mass is 9.92. The van der Waals surface area contributed by atoms with E-state index in [4.69, 9.17) is 11.5 Å². The fourth-order valence-electron chi connectivity index (χ4n) is 5.51. The largest absolute Gasteiger partial charge is 0.508 e. The average Bonchev–Trinajstić information content (AvgIpc) is 3.13. The number of primary amides is 1. The van der Waals surface area contributed by atoms with Crippen LogP contribution >= 0.6 is 0 Å². The molecule has 0 fully saturated rings. The lowest BCUT2D eigenvalue weighted by Gasteiger charge is -2.30. The number of hydrogen-bond acceptors (Lipinski definition) is 10. The van der Waals surface area contributed by atoms with Crippen molar-refractivity contribution < 1.29 is 48.6 Å². The smallest absolute Gasteiger partial charge is 0.305 e. The van der Waals surface area contributed by atoms with Gasteiger partial charge in [0.25, 0.3) is 0 Å². The van der Waals surface area contributed by atoms with Gasteiger partial charge in [-0.1, -0.05) is 77.1 Å². The molecule has 0 saturated carbocycles. The molecule has 0 spiro atoms. The summed E-state index contributed by atoms with van der Waals surface area (Å²) >= 11 is 0. The first-order valence-corrected chi connectivity index (χ1v) is 18.1. The Labute approximate surface area is 325 Å². The quantitative estimate of drug-likeness (QED) is 0.0725. The number of amides is 7. The van der Waals surface area contributed by atoms with Crippen molar-refractivity contribution in [2.45, 2.75) is 96.6 Å². The van der Waals surface area contributed by atoms with Crippen LogP contribution in [0.4, 0.5) is 0 Å². The number of rotatable bonds is 21. The second kappa shape index (κ2) is 21.7. The molecular weight excluding hydrogens is 728 g/mol. The van der Waals surface area contributed by atoms with Crippen LogP contribution in [0.1, 0.15) is 65.0 Å². The number of carboxylic acids is 1. The Hall–Kier alpha value is -6.04. The summed E-state index contributed by atoms with van der Waals surface area (Å²) in [6.07, 6.45) is -0.798. The van der Waals surface area contributed by atoms with Crippen molar-refractivity contribution in [2.24, 2.45) is 23.3 Å². The zero-order valence-electron chi connectivity index (χ0n) is 32.3. The van der Waals surface area contributed by atoms with Gasteiger partial charge < -0.3 is 53.6 Å². The fourth-order valence-corrected chi connectivity index (χ4v) is 5.51. The van der Waals surface area contributed by atoms with Gasteiger partial charge in [-0.2, -0.15) is 0 Å². The number of phenolic OH excluding ortho intramolecular Hbond substituents is 1. The number of nitrogens with one attached hydrogen (secondary N) is 6. The van der Waals surface area contributed by atoms with Gasteiger partial charge in [0.2, 0.25) is 41.4 Å². The summed E-state index contributed by atoms with van der Waals surface area (Å²) in [6.45, 7) is 9.03. The summed E-state index contributed by atoms with van der Waals surface area (Å²) in [5.74, 6) is -8.88. The number of carboxylic acid groups (broad SMARTS) is 1. The molecule has 2 aromatic carbocycles. The van der Waals surface area contributed by atoms with E-state index in [1.165, 1.54) is 19.1 Å². The highest BCUT2D eigenvalue weighted by atomic mass is 16.4. The molecule has 0 heterocycles. The average molecular weight is 783 g/mol. The van der Waals surface area contributed by atoms with Gasteiger partial charge >= 0.3 is 5.97 Å². The van der Waals surface area contributed by atoms with Crippen molar-refractivity contribution in [3.8, 4) is 5.75 Å².